The number of anilines is 1. The van der Waals surface area contributed by atoms with Gasteiger partial charge in [-0.15, -0.1) is 0 Å². The average molecular weight is 280 g/mol. The van der Waals surface area contributed by atoms with Gasteiger partial charge in [-0.2, -0.15) is 0 Å². The SMILES string of the molecule is CCN(CC)c1ccc(CNC(=O)NCCCO)cn1. The van der Waals surface area contributed by atoms with E-state index in [0.717, 1.165) is 24.5 Å². The van der Waals surface area contributed by atoms with Gasteiger partial charge >= 0.3 is 6.03 Å². The lowest BCUT2D eigenvalue weighted by Gasteiger charge is -2.19. The summed E-state index contributed by atoms with van der Waals surface area (Å²) in [6.45, 7) is 7.03. The van der Waals surface area contributed by atoms with Crippen LogP contribution < -0.4 is 15.5 Å². The van der Waals surface area contributed by atoms with Crippen LogP contribution in [0.1, 0.15) is 25.8 Å². The second-order valence-corrected chi connectivity index (χ2v) is 4.38. The van der Waals surface area contributed by atoms with Crippen LogP contribution in [0.5, 0.6) is 0 Å². The summed E-state index contributed by atoms with van der Waals surface area (Å²) in [7, 11) is 0. The van der Waals surface area contributed by atoms with E-state index < -0.39 is 0 Å². The van der Waals surface area contributed by atoms with E-state index in [2.05, 4.69) is 34.4 Å². The summed E-state index contributed by atoms with van der Waals surface area (Å²) >= 11 is 0. The molecule has 0 spiro atoms. The van der Waals surface area contributed by atoms with Crippen molar-refractivity contribution in [3.8, 4) is 0 Å². The van der Waals surface area contributed by atoms with Crippen molar-refractivity contribution in [2.45, 2.75) is 26.8 Å². The predicted molar refractivity (Wildman–Crippen MR) is 79.7 cm³/mol. The van der Waals surface area contributed by atoms with Gasteiger partial charge in [0, 0.05) is 39.0 Å². The molecule has 0 aliphatic rings. The van der Waals surface area contributed by atoms with Gasteiger partial charge in [-0.25, -0.2) is 9.78 Å². The number of aliphatic hydroxyl groups excluding tert-OH is 1. The first-order chi connectivity index (χ1) is 9.71. The zero-order chi connectivity index (χ0) is 14.8. The fraction of sp³-hybridized carbons (Fsp3) is 0.571. The van der Waals surface area contributed by atoms with Crippen molar-refractivity contribution < 1.29 is 9.90 Å². The van der Waals surface area contributed by atoms with Gasteiger partial charge in [-0.3, -0.25) is 0 Å². The first-order valence-electron chi connectivity index (χ1n) is 7.03. The quantitative estimate of drug-likeness (QED) is 0.623. The third-order valence-corrected chi connectivity index (χ3v) is 2.97. The van der Waals surface area contributed by atoms with Crippen LogP contribution in [0.15, 0.2) is 18.3 Å². The van der Waals surface area contributed by atoms with Gasteiger partial charge in [-0.05, 0) is 31.9 Å². The molecule has 112 valence electrons. The minimum absolute atomic E-state index is 0.0804. The lowest BCUT2D eigenvalue weighted by atomic mass is 10.2. The highest BCUT2D eigenvalue weighted by molar-refractivity contribution is 5.73. The summed E-state index contributed by atoms with van der Waals surface area (Å²) in [5.41, 5.74) is 0.957. The molecule has 0 unspecified atom stereocenters. The number of pyridine rings is 1. The molecular weight excluding hydrogens is 256 g/mol. The molecule has 6 nitrogen and oxygen atoms in total. The number of hydrogen-bond acceptors (Lipinski definition) is 4. The molecule has 0 radical (unpaired) electrons. The Morgan fingerprint density at radius 3 is 2.60 bits per heavy atom. The molecule has 0 aliphatic carbocycles. The second-order valence-electron chi connectivity index (χ2n) is 4.38. The molecule has 0 bridgehead atoms. The van der Waals surface area contributed by atoms with E-state index in [4.69, 9.17) is 5.11 Å². The van der Waals surface area contributed by atoms with Gasteiger partial charge in [0.15, 0.2) is 0 Å². The number of amides is 2. The van der Waals surface area contributed by atoms with Crippen molar-refractivity contribution in [1.82, 2.24) is 15.6 Å². The molecule has 6 heteroatoms. The zero-order valence-corrected chi connectivity index (χ0v) is 12.2. The topological polar surface area (TPSA) is 77.5 Å². The van der Waals surface area contributed by atoms with Crippen LogP contribution in [-0.4, -0.2) is 42.4 Å². The number of aromatic nitrogens is 1. The molecule has 1 aromatic rings. The summed E-state index contributed by atoms with van der Waals surface area (Å²) in [5.74, 6) is 0.950. The number of carbonyl (C=O) groups is 1. The molecule has 0 saturated heterocycles. The monoisotopic (exact) mass is 280 g/mol. The summed E-state index contributed by atoms with van der Waals surface area (Å²) in [6.07, 6.45) is 2.34. The third kappa shape index (κ3) is 5.44. The molecule has 3 N–H and O–H groups in total. The summed E-state index contributed by atoms with van der Waals surface area (Å²) in [4.78, 5) is 18.0. The number of hydrogen-bond donors (Lipinski definition) is 3. The van der Waals surface area contributed by atoms with Crippen LogP contribution in [0.3, 0.4) is 0 Å². The lowest BCUT2D eigenvalue weighted by molar-refractivity contribution is 0.237. The zero-order valence-electron chi connectivity index (χ0n) is 12.2. The first-order valence-corrected chi connectivity index (χ1v) is 7.03. The van der Waals surface area contributed by atoms with Crippen LogP contribution in [-0.2, 0) is 6.54 Å². The molecule has 1 aromatic heterocycles. The molecule has 20 heavy (non-hydrogen) atoms. The number of aliphatic hydroxyl groups is 1. The van der Waals surface area contributed by atoms with Gasteiger partial charge in [0.25, 0.3) is 0 Å². The largest absolute Gasteiger partial charge is 0.396 e. The van der Waals surface area contributed by atoms with Crippen molar-refractivity contribution in [3.05, 3.63) is 23.9 Å². The number of carbonyl (C=O) groups excluding carboxylic acids is 1. The van der Waals surface area contributed by atoms with Crippen LogP contribution in [0.4, 0.5) is 10.6 Å². The fourth-order valence-corrected chi connectivity index (χ4v) is 1.78. The first kappa shape index (κ1) is 16.2. The Labute approximate surface area is 120 Å². The highest BCUT2D eigenvalue weighted by atomic mass is 16.3. The van der Waals surface area contributed by atoms with E-state index in [1.54, 1.807) is 6.20 Å². The highest BCUT2D eigenvalue weighted by Crippen LogP contribution is 2.10. The van der Waals surface area contributed by atoms with E-state index >= 15 is 0 Å². The molecule has 0 fully saturated rings. The summed E-state index contributed by atoms with van der Waals surface area (Å²) in [6, 6.07) is 3.70. The van der Waals surface area contributed by atoms with Crippen molar-refractivity contribution in [2.75, 3.05) is 31.1 Å². The molecule has 0 aromatic carbocycles. The Hall–Kier alpha value is -1.82. The van der Waals surface area contributed by atoms with Gasteiger partial charge < -0.3 is 20.6 Å². The van der Waals surface area contributed by atoms with Crippen molar-refractivity contribution >= 4 is 11.8 Å². The number of rotatable bonds is 8. The molecule has 2 amide bonds. The second kappa shape index (κ2) is 9.14. The standard InChI is InChI=1S/C14H24N4O2/c1-3-18(4-2)13-7-6-12(10-16-13)11-17-14(20)15-8-5-9-19/h6-7,10,19H,3-5,8-9,11H2,1-2H3,(H2,15,17,20). The van der Waals surface area contributed by atoms with Crippen molar-refractivity contribution in [3.63, 3.8) is 0 Å². The molecular formula is C14H24N4O2. The molecule has 0 atom stereocenters. The minimum atomic E-state index is -0.230. The predicted octanol–water partition coefficient (Wildman–Crippen LogP) is 1.11. The Balaban J connectivity index is 2.39. The smallest absolute Gasteiger partial charge is 0.315 e. The Morgan fingerprint density at radius 2 is 2.05 bits per heavy atom. The van der Waals surface area contributed by atoms with E-state index in [1.165, 1.54) is 0 Å². The normalized spacial score (nSPS) is 10.2. The van der Waals surface area contributed by atoms with Crippen LogP contribution in [0.2, 0.25) is 0 Å². The molecule has 0 saturated carbocycles. The van der Waals surface area contributed by atoms with E-state index in [-0.39, 0.29) is 12.6 Å². The van der Waals surface area contributed by atoms with E-state index in [9.17, 15) is 4.79 Å². The van der Waals surface area contributed by atoms with Gasteiger partial charge in [0.2, 0.25) is 0 Å². The van der Waals surface area contributed by atoms with Crippen molar-refractivity contribution in [1.29, 1.82) is 0 Å². The highest BCUT2D eigenvalue weighted by Gasteiger charge is 2.04. The fourth-order valence-electron chi connectivity index (χ4n) is 1.78. The molecule has 1 heterocycles. The number of nitrogens with zero attached hydrogens (tertiary/aromatic N) is 2. The van der Waals surface area contributed by atoms with E-state index in [0.29, 0.717) is 19.5 Å². The lowest BCUT2D eigenvalue weighted by Crippen LogP contribution is -2.35. The maximum atomic E-state index is 11.4. The Morgan fingerprint density at radius 1 is 1.30 bits per heavy atom. The van der Waals surface area contributed by atoms with Gasteiger partial charge in [0.05, 0.1) is 0 Å². The Kier molecular flexibility index (Phi) is 7.42. The van der Waals surface area contributed by atoms with Crippen LogP contribution in [0.25, 0.3) is 0 Å². The van der Waals surface area contributed by atoms with Crippen molar-refractivity contribution in [2.24, 2.45) is 0 Å². The van der Waals surface area contributed by atoms with E-state index in [1.807, 2.05) is 12.1 Å². The Bertz CT molecular complexity index is 391. The van der Waals surface area contributed by atoms with Gasteiger partial charge in [-0.1, -0.05) is 6.07 Å². The third-order valence-electron chi connectivity index (χ3n) is 2.97. The van der Waals surface area contributed by atoms with Crippen LogP contribution in [0, 0.1) is 0 Å². The number of urea groups is 1. The molecule has 1 rings (SSSR count). The summed E-state index contributed by atoms with van der Waals surface area (Å²) in [5, 5.41) is 14.0. The summed E-state index contributed by atoms with van der Waals surface area (Å²) < 4.78 is 0. The van der Waals surface area contributed by atoms with Gasteiger partial charge in [0.1, 0.15) is 5.82 Å². The number of nitrogens with one attached hydrogen (secondary N) is 2. The molecule has 0 aliphatic heterocycles. The maximum Gasteiger partial charge on any atom is 0.315 e. The average Bonchev–Trinajstić information content (AvgIpc) is 2.48. The van der Waals surface area contributed by atoms with Crippen LogP contribution >= 0.6 is 0 Å². The maximum absolute atomic E-state index is 11.4. The minimum Gasteiger partial charge on any atom is -0.396 e.